The summed E-state index contributed by atoms with van der Waals surface area (Å²) in [5.41, 5.74) is 3.31. The van der Waals surface area contributed by atoms with Crippen LogP contribution in [0.5, 0.6) is 0 Å². The maximum absolute atomic E-state index is 12.7. The molecule has 1 amide bonds. The molecule has 0 aromatic heterocycles. The Bertz CT molecular complexity index is 920. The fraction of sp³-hybridized carbons (Fsp3) is 0.111. The first-order valence-electron chi connectivity index (χ1n) is 7.51. The van der Waals surface area contributed by atoms with Gasteiger partial charge in [-0.1, -0.05) is 12.1 Å². The molecule has 0 atom stereocenters. The van der Waals surface area contributed by atoms with Crippen LogP contribution >= 0.6 is 11.8 Å². The van der Waals surface area contributed by atoms with Gasteiger partial charge in [-0.25, -0.2) is 0 Å². The van der Waals surface area contributed by atoms with Gasteiger partial charge in [-0.15, -0.1) is 0 Å². The average Bonchev–Trinajstić information content (AvgIpc) is 2.84. The van der Waals surface area contributed by atoms with Crippen molar-refractivity contribution in [3.8, 4) is 0 Å². The molecule has 3 rings (SSSR count). The second kappa shape index (κ2) is 6.52. The first-order valence-corrected chi connectivity index (χ1v) is 8.33. The minimum Gasteiger partial charge on any atom is -0.278 e. The zero-order chi connectivity index (χ0) is 18.1. The SMILES string of the molecule is Cc1ccc(C)c(N2C(=N)S/C(=C\c3ccc([N+](=O)[O-])cc3)C2=O)c1. The lowest BCUT2D eigenvalue weighted by Gasteiger charge is -2.17. The minimum atomic E-state index is -0.468. The van der Waals surface area contributed by atoms with Crippen molar-refractivity contribution in [1.29, 1.82) is 5.41 Å². The minimum absolute atomic E-state index is 0.00249. The van der Waals surface area contributed by atoms with E-state index in [1.54, 1.807) is 18.2 Å². The molecular weight excluding hydrogens is 338 g/mol. The summed E-state index contributed by atoms with van der Waals surface area (Å²) < 4.78 is 0. The van der Waals surface area contributed by atoms with E-state index in [1.807, 2.05) is 32.0 Å². The summed E-state index contributed by atoms with van der Waals surface area (Å²) >= 11 is 1.08. The molecule has 7 heteroatoms. The van der Waals surface area contributed by atoms with Gasteiger partial charge in [-0.05, 0) is 66.6 Å². The number of anilines is 1. The van der Waals surface area contributed by atoms with E-state index in [0.29, 0.717) is 16.2 Å². The third-order valence-electron chi connectivity index (χ3n) is 3.83. The highest BCUT2D eigenvalue weighted by atomic mass is 32.2. The van der Waals surface area contributed by atoms with E-state index in [9.17, 15) is 14.9 Å². The van der Waals surface area contributed by atoms with Gasteiger partial charge in [0.15, 0.2) is 5.17 Å². The lowest BCUT2D eigenvalue weighted by Crippen LogP contribution is -2.28. The van der Waals surface area contributed by atoms with Crippen LogP contribution in [0.1, 0.15) is 16.7 Å². The van der Waals surface area contributed by atoms with E-state index in [1.165, 1.54) is 17.0 Å². The fourth-order valence-electron chi connectivity index (χ4n) is 2.51. The molecule has 1 saturated heterocycles. The number of hydrogen-bond acceptors (Lipinski definition) is 5. The van der Waals surface area contributed by atoms with Crippen molar-refractivity contribution >= 4 is 40.3 Å². The summed E-state index contributed by atoms with van der Waals surface area (Å²) in [7, 11) is 0. The van der Waals surface area contributed by atoms with E-state index in [2.05, 4.69) is 0 Å². The average molecular weight is 353 g/mol. The van der Waals surface area contributed by atoms with Crippen LogP contribution in [0.3, 0.4) is 0 Å². The van der Waals surface area contributed by atoms with Gasteiger partial charge in [-0.3, -0.25) is 25.2 Å². The number of thioether (sulfide) groups is 1. The van der Waals surface area contributed by atoms with Crippen molar-refractivity contribution < 1.29 is 9.72 Å². The molecule has 25 heavy (non-hydrogen) atoms. The maximum Gasteiger partial charge on any atom is 0.271 e. The summed E-state index contributed by atoms with van der Waals surface area (Å²) in [5, 5.41) is 19.0. The molecule has 1 N–H and O–H groups in total. The maximum atomic E-state index is 12.7. The van der Waals surface area contributed by atoms with Crippen LogP contribution in [-0.2, 0) is 4.79 Å². The van der Waals surface area contributed by atoms with Gasteiger partial charge in [0.25, 0.3) is 11.6 Å². The Morgan fingerprint density at radius 2 is 1.84 bits per heavy atom. The zero-order valence-corrected chi connectivity index (χ0v) is 14.5. The van der Waals surface area contributed by atoms with E-state index in [4.69, 9.17) is 5.41 Å². The summed E-state index contributed by atoms with van der Waals surface area (Å²) in [5.74, 6) is -0.262. The quantitative estimate of drug-likeness (QED) is 0.507. The second-order valence-electron chi connectivity index (χ2n) is 5.69. The molecule has 126 valence electrons. The number of rotatable bonds is 3. The topological polar surface area (TPSA) is 87.3 Å². The van der Waals surface area contributed by atoms with Crippen LogP contribution in [0.15, 0.2) is 47.4 Å². The Hall–Kier alpha value is -2.93. The fourth-order valence-corrected chi connectivity index (χ4v) is 3.36. The van der Waals surface area contributed by atoms with Gasteiger partial charge in [0, 0.05) is 12.1 Å². The van der Waals surface area contributed by atoms with E-state index < -0.39 is 4.92 Å². The molecule has 1 aliphatic heterocycles. The number of nitrogens with one attached hydrogen (secondary N) is 1. The number of aryl methyl sites for hydroxylation is 2. The van der Waals surface area contributed by atoms with Crippen molar-refractivity contribution in [3.63, 3.8) is 0 Å². The van der Waals surface area contributed by atoms with Gasteiger partial charge < -0.3 is 0 Å². The Kier molecular flexibility index (Phi) is 4.41. The number of amides is 1. The number of hydrogen-bond donors (Lipinski definition) is 1. The molecule has 1 heterocycles. The third-order valence-corrected chi connectivity index (χ3v) is 4.72. The predicted octanol–water partition coefficient (Wildman–Crippen LogP) is 4.27. The van der Waals surface area contributed by atoms with Crippen molar-refractivity contribution in [2.45, 2.75) is 13.8 Å². The van der Waals surface area contributed by atoms with Crippen LogP contribution in [-0.4, -0.2) is 16.0 Å². The second-order valence-corrected chi connectivity index (χ2v) is 6.73. The molecule has 6 nitrogen and oxygen atoms in total. The molecule has 2 aromatic rings. The number of carbonyl (C=O) groups is 1. The van der Waals surface area contributed by atoms with E-state index in [0.717, 1.165) is 22.9 Å². The number of carbonyl (C=O) groups excluding carboxylic acids is 1. The number of amidine groups is 1. The summed E-state index contributed by atoms with van der Waals surface area (Å²) in [6, 6.07) is 11.7. The number of benzene rings is 2. The Balaban J connectivity index is 1.93. The van der Waals surface area contributed by atoms with Crippen LogP contribution < -0.4 is 4.90 Å². The van der Waals surface area contributed by atoms with Gasteiger partial charge >= 0.3 is 0 Å². The third kappa shape index (κ3) is 3.32. The lowest BCUT2D eigenvalue weighted by molar-refractivity contribution is -0.384. The molecule has 0 radical (unpaired) electrons. The highest BCUT2D eigenvalue weighted by molar-refractivity contribution is 8.19. The molecule has 1 fully saturated rings. The number of nitrogens with zero attached hydrogens (tertiary/aromatic N) is 2. The first-order chi connectivity index (χ1) is 11.9. The number of nitro groups is 1. The van der Waals surface area contributed by atoms with Crippen molar-refractivity contribution in [1.82, 2.24) is 0 Å². The van der Waals surface area contributed by atoms with Crippen LogP contribution in [0.2, 0.25) is 0 Å². The number of non-ortho nitro benzene ring substituents is 1. The molecule has 1 aliphatic rings. The predicted molar refractivity (Wildman–Crippen MR) is 99.8 cm³/mol. The Morgan fingerprint density at radius 1 is 1.16 bits per heavy atom. The zero-order valence-electron chi connectivity index (χ0n) is 13.6. The van der Waals surface area contributed by atoms with E-state index in [-0.39, 0.29) is 16.8 Å². The lowest BCUT2D eigenvalue weighted by atomic mass is 10.1. The van der Waals surface area contributed by atoms with E-state index >= 15 is 0 Å². The van der Waals surface area contributed by atoms with Crippen LogP contribution in [0.4, 0.5) is 11.4 Å². The van der Waals surface area contributed by atoms with Gasteiger partial charge in [-0.2, -0.15) is 0 Å². The molecule has 0 bridgehead atoms. The smallest absolute Gasteiger partial charge is 0.271 e. The largest absolute Gasteiger partial charge is 0.278 e. The molecular formula is C18H15N3O3S. The van der Waals surface area contributed by atoms with Crippen LogP contribution in [0, 0.1) is 29.4 Å². The summed E-state index contributed by atoms with van der Waals surface area (Å²) in [4.78, 5) is 24.8. The molecule has 0 unspecified atom stereocenters. The standard InChI is InChI=1S/C18H15N3O3S/c1-11-3-4-12(2)15(9-11)20-17(22)16(25-18(20)19)10-13-5-7-14(8-6-13)21(23)24/h3-10,19H,1-2H3/b16-10-,19-18?. The number of nitro benzene ring substituents is 1. The monoisotopic (exact) mass is 353 g/mol. The molecule has 0 spiro atoms. The highest BCUT2D eigenvalue weighted by Crippen LogP contribution is 2.36. The van der Waals surface area contributed by atoms with Crippen molar-refractivity contribution in [2.75, 3.05) is 4.90 Å². The molecule has 0 aliphatic carbocycles. The van der Waals surface area contributed by atoms with Crippen molar-refractivity contribution in [2.24, 2.45) is 0 Å². The molecule has 0 saturated carbocycles. The summed E-state index contributed by atoms with van der Waals surface area (Å²) in [6.07, 6.45) is 1.65. The molecule has 2 aromatic carbocycles. The van der Waals surface area contributed by atoms with Gasteiger partial charge in [0.05, 0.1) is 15.5 Å². The summed E-state index contributed by atoms with van der Waals surface area (Å²) in [6.45, 7) is 3.84. The van der Waals surface area contributed by atoms with Crippen LogP contribution in [0.25, 0.3) is 6.08 Å². The van der Waals surface area contributed by atoms with Gasteiger partial charge in [0.2, 0.25) is 0 Å². The normalized spacial score (nSPS) is 15.9. The van der Waals surface area contributed by atoms with Crippen molar-refractivity contribution in [3.05, 3.63) is 74.2 Å². The van der Waals surface area contributed by atoms with Gasteiger partial charge in [0.1, 0.15) is 0 Å². The highest BCUT2D eigenvalue weighted by Gasteiger charge is 2.34. The first kappa shape index (κ1) is 16.9. The Morgan fingerprint density at radius 3 is 2.48 bits per heavy atom. The Labute approximate surface area is 148 Å².